The fraction of sp³-hybridized carbons (Fsp3) is 0.571. The molecule has 0 bridgehead atoms. The zero-order valence-corrected chi connectivity index (χ0v) is 6.84. The van der Waals surface area contributed by atoms with Crippen LogP contribution in [0.15, 0.2) is 0 Å². The Hall–Kier alpha value is -1.43. The summed E-state index contributed by atoms with van der Waals surface area (Å²) < 4.78 is 1.73. The summed E-state index contributed by atoms with van der Waals surface area (Å²) in [7, 11) is 0. The molecule has 0 aliphatic carbocycles. The topological polar surface area (TPSA) is 71.2 Å². The van der Waals surface area contributed by atoms with Crippen molar-refractivity contribution in [3.8, 4) is 0 Å². The maximum atomic E-state index is 11.1. The first-order chi connectivity index (χ1) is 6.31. The van der Waals surface area contributed by atoms with Crippen LogP contribution in [0.5, 0.6) is 0 Å². The smallest absolute Gasteiger partial charge is 0.228 e. The normalized spacial score (nSPS) is 24.2. The van der Waals surface area contributed by atoms with Gasteiger partial charge in [-0.05, 0) is 0 Å². The van der Waals surface area contributed by atoms with Gasteiger partial charge >= 0.3 is 0 Å². The Balaban J connectivity index is 2.04. The Morgan fingerprint density at radius 3 is 3.15 bits per heavy atom. The molecule has 2 aliphatic rings. The fourth-order valence-electron chi connectivity index (χ4n) is 1.88. The highest BCUT2D eigenvalue weighted by atomic mass is 16.3. The van der Waals surface area contributed by atoms with Crippen molar-refractivity contribution in [2.75, 3.05) is 0 Å². The number of aliphatic hydroxyl groups is 1. The number of carbonyl (C=O) groups is 1. The number of aliphatic hydroxyl groups excluding tert-OH is 1. The first kappa shape index (κ1) is 7.02. The van der Waals surface area contributed by atoms with Crippen molar-refractivity contribution in [1.29, 1.82) is 0 Å². The number of β-lactam (4-membered cyclic amide) rings is 1. The number of rotatable bonds is 1. The van der Waals surface area contributed by atoms with E-state index in [1.54, 1.807) is 9.58 Å². The van der Waals surface area contributed by atoms with Crippen molar-refractivity contribution >= 4 is 5.91 Å². The molecule has 1 saturated heterocycles. The molecular weight excluding hydrogens is 172 g/mol. The van der Waals surface area contributed by atoms with Gasteiger partial charge in [-0.25, -0.2) is 4.68 Å². The Morgan fingerprint density at radius 2 is 2.46 bits per heavy atom. The van der Waals surface area contributed by atoms with E-state index < -0.39 is 0 Å². The molecule has 3 rings (SSSR count). The van der Waals surface area contributed by atoms with Crippen LogP contribution < -0.4 is 0 Å². The molecule has 13 heavy (non-hydrogen) atoms. The van der Waals surface area contributed by atoms with Gasteiger partial charge in [-0.15, -0.1) is 5.10 Å². The van der Waals surface area contributed by atoms with E-state index in [1.165, 1.54) is 0 Å². The Kier molecular flexibility index (Phi) is 1.12. The highest BCUT2D eigenvalue weighted by Gasteiger charge is 2.45. The van der Waals surface area contributed by atoms with E-state index in [1.807, 2.05) is 0 Å². The third-order valence-electron chi connectivity index (χ3n) is 2.66. The highest BCUT2D eigenvalue weighted by Crippen LogP contribution is 2.37. The molecule has 1 N–H and O–H groups in total. The van der Waals surface area contributed by atoms with Crippen LogP contribution >= 0.6 is 0 Å². The van der Waals surface area contributed by atoms with Gasteiger partial charge in [-0.1, -0.05) is 5.21 Å². The van der Waals surface area contributed by atoms with Gasteiger partial charge in [0.25, 0.3) is 0 Å². The third-order valence-corrected chi connectivity index (χ3v) is 2.66. The lowest BCUT2D eigenvalue weighted by molar-refractivity contribution is -0.149. The Bertz CT molecular complexity index is 386. The average molecular weight is 180 g/mol. The molecule has 1 fully saturated rings. The zero-order valence-electron chi connectivity index (χ0n) is 6.84. The molecule has 0 radical (unpaired) electrons. The van der Waals surface area contributed by atoms with Crippen LogP contribution in [0, 0.1) is 0 Å². The quantitative estimate of drug-likeness (QED) is 0.563. The van der Waals surface area contributed by atoms with E-state index in [-0.39, 0.29) is 18.7 Å². The molecule has 68 valence electrons. The molecule has 3 heterocycles. The summed E-state index contributed by atoms with van der Waals surface area (Å²) in [5.41, 5.74) is 1.46. The second kappa shape index (κ2) is 2.08. The number of fused-ring (bicyclic) bond motifs is 3. The largest absolute Gasteiger partial charge is 0.390 e. The van der Waals surface area contributed by atoms with Gasteiger partial charge in [-0.3, -0.25) is 4.79 Å². The molecule has 1 aromatic heterocycles. The molecule has 1 aromatic rings. The van der Waals surface area contributed by atoms with Gasteiger partial charge in [-0.2, -0.15) is 0 Å². The van der Waals surface area contributed by atoms with Gasteiger partial charge in [0.2, 0.25) is 5.91 Å². The van der Waals surface area contributed by atoms with E-state index in [4.69, 9.17) is 5.11 Å². The molecule has 0 saturated carbocycles. The van der Waals surface area contributed by atoms with Crippen LogP contribution in [0.2, 0.25) is 0 Å². The first-order valence-corrected chi connectivity index (χ1v) is 4.14. The van der Waals surface area contributed by atoms with Crippen LogP contribution in [0.25, 0.3) is 0 Å². The summed E-state index contributed by atoms with van der Waals surface area (Å²) in [5, 5.41) is 16.7. The first-order valence-electron chi connectivity index (χ1n) is 4.14. The molecule has 6 heteroatoms. The summed E-state index contributed by atoms with van der Waals surface area (Å²) in [6.45, 7) is 0.441. The fourth-order valence-corrected chi connectivity index (χ4v) is 1.88. The number of aromatic nitrogens is 3. The number of hydrogen-bond acceptors (Lipinski definition) is 4. The molecule has 2 aliphatic heterocycles. The summed E-state index contributed by atoms with van der Waals surface area (Å²) in [5.74, 6) is 0.152. The van der Waals surface area contributed by atoms with E-state index in [2.05, 4.69) is 10.3 Å². The lowest BCUT2D eigenvalue weighted by Gasteiger charge is -2.33. The zero-order chi connectivity index (χ0) is 9.00. The van der Waals surface area contributed by atoms with Crippen LogP contribution in [0.3, 0.4) is 0 Å². The molecule has 0 spiro atoms. The SMILES string of the molecule is O=C1CC2N1Cc1c(CO)nnn12. The highest BCUT2D eigenvalue weighted by molar-refractivity contribution is 5.82. The Morgan fingerprint density at radius 1 is 1.62 bits per heavy atom. The minimum absolute atomic E-state index is 0.0651. The lowest BCUT2D eigenvalue weighted by atomic mass is 10.1. The van der Waals surface area contributed by atoms with Crippen molar-refractivity contribution < 1.29 is 9.90 Å². The van der Waals surface area contributed by atoms with Crippen molar-refractivity contribution in [1.82, 2.24) is 19.9 Å². The van der Waals surface area contributed by atoms with E-state index in [0.29, 0.717) is 18.7 Å². The second-order valence-electron chi connectivity index (χ2n) is 3.29. The van der Waals surface area contributed by atoms with Crippen molar-refractivity contribution in [3.63, 3.8) is 0 Å². The monoisotopic (exact) mass is 180 g/mol. The number of hydrogen-bond donors (Lipinski definition) is 1. The van der Waals surface area contributed by atoms with Gasteiger partial charge in [0.1, 0.15) is 11.9 Å². The van der Waals surface area contributed by atoms with E-state index in [9.17, 15) is 4.79 Å². The van der Waals surface area contributed by atoms with Gasteiger partial charge in [0.15, 0.2) is 0 Å². The maximum Gasteiger partial charge on any atom is 0.228 e. The van der Waals surface area contributed by atoms with Crippen LogP contribution in [0.1, 0.15) is 24.0 Å². The van der Waals surface area contributed by atoms with Crippen molar-refractivity contribution in [2.24, 2.45) is 0 Å². The molecule has 0 aromatic carbocycles. The molecule has 1 unspecified atom stereocenters. The standard InChI is InChI=1S/C7H8N4O2/c12-3-4-5-2-10-6(1-7(10)13)11(5)9-8-4/h6,12H,1-3H2. The van der Waals surface area contributed by atoms with Crippen LogP contribution in [0.4, 0.5) is 0 Å². The third kappa shape index (κ3) is 0.689. The van der Waals surface area contributed by atoms with Crippen molar-refractivity contribution in [3.05, 3.63) is 11.4 Å². The van der Waals surface area contributed by atoms with Crippen LogP contribution in [-0.2, 0) is 17.9 Å². The Labute approximate surface area is 73.8 Å². The van der Waals surface area contributed by atoms with Gasteiger partial charge in [0, 0.05) is 0 Å². The predicted octanol–water partition coefficient (Wildman–Crippen LogP) is -0.985. The number of amides is 1. The molecule has 1 amide bonds. The van der Waals surface area contributed by atoms with Gasteiger partial charge < -0.3 is 10.0 Å². The molecular formula is C7H8N4O2. The van der Waals surface area contributed by atoms with Gasteiger partial charge in [0.05, 0.1) is 25.3 Å². The summed E-state index contributed by atoms with van der Waals surface area (Å²) in [6, 6.07) is 0. The summed E-state index contributed by atoms with van der Waals surface area (Å²) in [6.07, 6.45) is 0.580. The molecule has 1 atom stereocenters. The predicted molar refractivity (Wildman–Crippen MR) is 40.1 cm³/mol. The van der Waals surface area contributed by atoms with E-state index >= 15 is 0 Å². The summed E-state index contributed by atoms with van der Waals surface area (Å²) in [4.78, 5) is 12.8. The maximum absolute atomic E-state index is 11.1. The van der Waals surface area contributed by atoms with Crippen molar-refractivity contribution in [2.45, 2.75) is 25.7 Å². The second-order valence-corrected chi connectivity index (χ2v) is 3.29. The summed E-state index contributed by atoms with van der Waals surface area (Å²) >= 11 is 0. The minimum Gasteiger partial charge on any atom is -0.390 e. The lowest BCUT2D eigenvalue weighted by Crippen LogP contribution is -2.43. The van der Waals surface area contributed by atoms with Crippen LogP contribution in [-0.4, -0.2) is 30.9 Å². The minimum atomic E-state index is -0.107. The average Bonchev–Trinajstić information content (AvgIpc) is 2.62. The van der Waals surface area contributed by atoms with E-state index in [0.717, 1.165) is 5.69 Å². The molecule has 6 nitrogen and oxygen atoms in total. The number of carbonyl (C=O) groups excluding carboxylic acids is 1. The number of nitrogens with zero attached hydrogens (tertiary/aromatic N) is 4.